The summed E-state index contributed by atoms with van der Waals surface area (Å²) in [5, 5.41) is 7.14. The highest BCUT2D eigenvalue weighted by molar-refractivity contribution is 6.42. The number of rotatable bonds is 7. The van der Waals surface area contributed by atoms with E-state index >= 15 is 0 Å². The van der Waals surface area contributed by atoms with Crippen LogP contribution in [0, 0.1) is 0 Å². The van der Waals surface area contributed by atoms with Gasteiger partial charge in [0.2, 0.25) is 5.91 Å². The van der Waals surface area contributed by atoms with Crippen molar-refractivity contribution in [3.63, 3.8) is 0 Å². The van der Waals surface area contributed by atoms with Crippen LogP contribution >= 0.6 is 23.2 Å². The van der Waals surface area contributed by atoms with E-state index in [1.165, 1.54) is 0 Å². The minimum Gasteiger partial charge on any atom is -0.335 e. The first-order valence-corrected chi connectivity index (χ1v) is 9.63. The van der Waals surface area contributed by atoms with E-state index in [1.807, 2.05) is 66.7 Å². The quantitative estimate of drug-likeness (QED) is 0.495. The van der Waals surface area contributed by atoms with Gasteiger partial charge < -0.3 is 11.1 Å². The number of halogens is 2. The van der Waals surface area contributed by atoms with Crippen molar-refractivity contribution in [3.05, 3.63) is 106 Å². The lowest BCUT2D eigenvalue weighted by Crippen LogP contribution is -2.41. The number of carbonyl (C=O) groups excluding carboxylic acids is 1. The van der Waals surface area contributed by atoms with Crippen molar-refractivity contribution in [2.75, 3.05) is 0 Å². The first-order valence-electron chi connectivity index (χ1n) is 8.88. The van der Waals surface area contributed by atoms with Crippen LogP contribution in [0.1, 0.15) is 28.9 Å². The topological polar surface area (TPSA) is 67.1 Å². The normalized spacial score (nSPS) is 13.0. The minimum atomic E-state index is -0.591. The third-order valence-electron chi connectivity index (χ3n) is 4.35. The van der Waals surface area contributed by atoms with Crippen LogP contribution in [0.4, 0.5) is 0 Å². The van der Waals surface area contributed by atoms with E-state index in [9.17, 15) is 4.79 Å². The highest BCUT2D eigenvalue weighted by Crippen LogP contribution is 2.23. The monoisotopic (exact) mass is 413 g/mol. The molecule has 6 heteroatoms. The average Bonchev–Trinajstić information content (AvgIpc) is 2.72. The molecule has 0 bridgehead atoms. The Kier molecular flexibility index (Phi) is 7.06. The zero-order chi connectivity index (χ0) is 19.9. The largest absolute Gasteiger partial charge is 0.335 e. The Morgan fingerprint density at radius 1 is 0.857 bits per heavy atom. The summed E-state index contributed by atoms with van der Waals surface area (Å²) in [4.78, 5) is 13.0. The van der Waals surface area contributed by atoms with Gasteiger partial charge in [-0.1, -0.05) is 89.9 Å². The number of nitrogens with one attached hydrogen (secondary N) is 2. The van der Waals surface area contributed by atoms with Gasteiger partial charge in [0.25, 0.3) is 0 Å². The molecule has 2 unspecified atom stereocenters. The predicted molar refractivity (Wildman–Crippen MR) is 114 cm³/mol. The number of benzene rings is 3. The molecule has 0 aliphatic carbocycles. The summed E-state index contributed by atoms with van der Waals surface area (Å²) >= 11 is 12.1. The molecule has 0 spiro atoms. The lowest BCUT2D eigenvalue weighted by molar-refractivity contribution is -0.124. The summed E-state index contributed by atoms with van der Waals surface area (Å²) in [6, 6.07) is 23.8. The molecule has 0 radical (unpaired) electrons. The van der Waals surface area contributed by atoms with Gasteiger partial charge in [0.1, 0.15) is 12.2 Å². The molecule has 28 heavy (non-hydrogen) atoms. The summed E-state index contributed by atoms with van der Waals surface area (Å²) in [7, 11) is 0. The Morgan fingerprint density at radius 3 is 2.07 bits per heavy atom. The van der Waals surface area contributed by atoms with E-state index in [2.05, 4.69) is 10.6 Å². The summed E-state index contributed by atoms with van der Waals surface area (Å²) in [6.45, 7) is 0.449. The minimum absolute atomic E-state index is 0.206. The van der Waals surface area contributed by atoms with Crippen molar-refractivity contribution >= 4 is 29.1 Å². The number of amides is 1. The first-order chi connectivity index (χ1) is 13.5. The highest BCUT2D eigenvalue weighted by Gasteiger charge is 2.22. The molecule has 0 fully saturated rings. The molecule has 3 rings (SSSR count). The third kappa shape index (κ3) is 5.33. The van der Waals surface area contributed by atoms with E-state index in [0.29, 0.717) is 16.6 Å². The van der Waals surface area contributed by atoms with Gasteiger partial charge in [0.05, 0.1) is 10.0 Å². The molecular weight excluding hydrogens is 393 g/mol. The molecule has 144 valence electrons. The van der Waals surface area contributed by atoms with Crippen LogP contribution in [0.15, 0.2) is 78.9 Å². The molecule has 2 atom stereocenters. The SMILES string of the molecule is NC(NC(=O)C(NCc1ccc(Cl)c(Cl)c1)c1ccccc1)c1ccccc1. The molecule has 1 amide bonds. The van der Waals surface area contributed by atoms with Crippen molar-refractivity contribution in [3.8, 4) is 0 Å². The van der Waals surface area contributed by atoms with E-state index in [4.69, 9.17) is 28.9 Å². The van der Waals surface area contributed by atoms with Crippen molar-refractivity contribution in [1.29, 1.82) is 0 Å². The highest BCUT2D eigenvalue weighted by atomic mass is 35.5. The van der Waals surface area contributed by atoms with Gasteiger partial charge >= 0.3 is 0 Å². The Hall–Kier alpha value is -2.37. The fourth-order valence-electron chi connectivity index (χ4n) is 2.86. The van der Waals surface area contributed by atoms with Crippen molar-refractivity contribution in [1.82, 2.24) is 10.6 Å². The zero-order valence-electron chi connectivity index (χ0n) is 15.1. The standard InChI is InChI=1S/C22H21Cl2N3O/c23-18-12-11-15(13-19(18)24)14-26-20(16-7-3-1-4-8-16)22(28)27-21(25)17-9-5-2-6-10-17/h1-13,20-21,26H,14,25H2,(H,27,28). The van der Waals surface area contributed by atoms with Gasteiger partial charge in [-0.25, -0.2) is 0 Å². The van der Waals surface area contributed by atoms with Gasteiger partial charge in [-0.3, -0.25) is 10.1 Å². The van der Waals surface area contributed by atoms with Crippen LogP contribution in [-0.2, 0) is 11.3 Å². The van der Waals surface area contributed by atoms with E-state index in [-0.39, 0.29) is 5.91 Å². The van der Waals surface area contributed by atoms with Gasteiger partial charge in [0, 0.05) is 6.54 Å². The smallest absolute Gasteiger partial charge is 0.243 e. The van der Waals surface area contributed by atoms with E-state index in [0.717, 1.165) is 16.7 Å². The van der Waals surface area contributed by atoms with Crippen LogP contribution < -0.4 is 16.4 Å². The average molecular weight is 414 g/mol. The lowest BCUT2D eigenvalue weighted by atomic mass is 10.0. The molecular formula is C22H21Cl2N3O. The molecule has 0 aliphatic rings. The maximum absolute atomic E-state index is 13.0. The summed E-state index contributed by atoms with van der Waals surface area (Å²) in [5.74, 6) is -0.206. The van der Waals surface area contributed by atoms with Crippen LogP contribution in [0.25, 0.3) is 0 Å². The third-order valence-corrected chi connectivity index (χ3v) is 5.08. The van der Waals surface area contributed by atoms with Crippen LogP contribution in [0.2, 0.25) is 10.0 Å². The summed E-state index contributed by atoms with van der Waals surface area (Å²) < 4.78 is 0. The van der Waals surface area contributed by atoms with E-state index < -0.39 is 12.2 Å². The van der Waals surface area contributed by atoms with Crippen molar-refractivity contribution < 1.29 is 4.79 Å². The number of hydrogen-bond acceptors (Lipinski definition) is 3. The maximum atomic E-state index is 13.0. The fourth-order valence-corrected chi connectivity index (χ4v) is 3.18. The molecule has 0 aromatic heterocycles. The Balaban J connectivity index is 1.75. The van der Waals surface area contributed by atoms with Crippen molar-refractivity contribution in [2.24, 2.45) is 5.73 Å². The molecule has 3 aromatic carbocycles. The van der Waals surface area contributed by atoms with Gasteiger partial charge in [-0.05, 0) is 28.8 Å². The number of nitrogens with two attached hydrogens (primary N) is 1. The van der Waals surface area contributed by atoms with Gasteiger partial charge in [-0.2, -0.15) is 0 Å². The molecule has 0 saturated heterocycles. The zero-order valence-corrected chi connectivity index (χ0v) is 16.6. The van der Waals surface area contributed by atoms with Crippen LogP contribution in [0.5, 0.6) is 0 Å². The molecule has 3 aromatic rings. The molecule has 0 aliphatic heterocycles. The first kappa shape index (κ1) is 20.4. The maximum Gasteiger partial charge on any atom is 0.243 e. The summed E-state index contributed by atoms with van der Waals surface area (Å²) in [5.41, 5.74) is 8.78. The Labute approximate surface area is 174 Å². The van der Waals surface area contributed by atoms with Crippen LogP contribution in [0.3, 0.4) is 0 Å². The number of carbonyl (C=O) groups is 1. The van der Waals surface area contributed by atoms with Gasteiger partial charge in [0.15, 0.2) is 0 Å². The molecule has 4 N–H and O–H groups in total. The van der Waals surface area contributed by atoms with Crippen LogP contribution in [-0.4, -0.2) is 5.91 Å². The van der Waals surface area contributed by atoms with E-state index in [1.54, 1.807) is 12.1 Å². The summed E-state index contributed by atoms with van der Waals surface area (Å²) in [6.07, 6.45) is -0.591. The molecule has 0 saturated carbocycles. The number of hydrogen-bond donors (Lipinski definition) is 3. The van der Waals surface area contributed by atoms with Crippen molar-refractivity contribution in [2.45, 2.75) is 18.8 Å². The second-order valence-electron chi connectivity index (χ2n) is 6.37. The lowest BCUT2D eigenvalue weighted by Gasteiger charge is -2.22. The molecule has 4 nitrogen and oxygen atoms in total. The predicted octanol–water partition coefficient (Wildman–Crippen LogP) is 4.60. The second kappa shape index (κ2) is 9.71. The molecule has 0 heterocycles. The second-order valence-corrected chi connectivity index (χ2v) is 7.18. The Bertz CT molecular complexity index is 920. The van der Waals surface area contributed by atoms with Gasteiger partial charge in [-0.15, -0.1) is 0 Å². The Morgan fingerprint density at radius 2 is 1.46 bits per heavy atom. The fraction of sp³-hybridized carbons (Fsp3) is 0.136.